The lowest BCUT2D eigenvalue weighted by Gasteiger charge is -2.08. The summed E-state index contributed by atoms with van der Waals surface area (Å²) in [5, 5.41) is 14.8. The van der Waals surface area contributed by atoms with Gasteiger partial charge in [0.2, 0.25) is 5.95 Å². The van der Waals surface area contributed by atoms with Gasteiger partial charge in [-0.15, -0.1) is 0 Å². The van der Waals surface area contributed by atoms with E-state index in [0.717, 1.165) is 10.1 Å². The Bertz CT molecular complexity index is 1260. The van der Waals surface area contributed by atoms with Crippen molar-refractivity contribution in [1.82, 2.24) is 18.7 Å². The molecule has 0 spiro atoms. The number of nitrogens with one attached hydrogen (secondary N) is 1. The molecule has 1 aromatic carbocycles. The molecule has 0 atom stereocenters. The molecular weight excluding hydrogens is 378 g/mol. The van der Waals surface area contributed by atoms with E-state index in [-0.39, 0.29) is 22.8 Å². The maximum Gasteiger partial charge on any atom is 0.332 e. The van der Waals surface area contributed by atoms with Crippen LogP contribution < -0.4 is 16.7 Å². The van der Waals surface area contributed by atoms with E-state index in [4.69, 9.17) is 0 Å². The quantitative estimate of drug-likeness (QED) is 0.289. The maximum atomic E-state index is 12.6. The lowest BCUT2D eigenvalue weighted by Crippen LogP contribution is -2.37. The van der Waals surface area contributed by atoms with Crippen LogP contribution >= 0.6 is 0 Å². The van der Waals surface area contributed by atoms with E-state index in [1.807, 2.05) is 6.92 Å². The highest BCUT2D eigenvalue weighted by Crippen LogP contribution is 2.17. The first kappa shape index (κ1) is 19.7. The molecule has 0 unspecified atom stereocenters. The predicted molar refractivity (Wildman–Crippen MR) is 109 cm³/mol. The number of benzene rings is 1. The Morgan fingerprint density at radius 1 is 1.28 bits per heavy atom. The molecule has 0 aliphatic heterocycles. The lowest BCUT2D eigenvalue weighted by molar-refractivity contribution is -0.384. The molecule has 0 fully saturated rings. The lowest BCUT2D eigenvalue weighted by atomic mass is 10.2. The SMILES string of the molecule is C=C(C)Cn1c(N/N=C/c2ccc([N+](=O)[O-])cc2)nc2c1c(=O)n(C)c(=O)n2C. The highest BCUT2D eigenvalue weighted by atomic mass is 16.6. The number of non-ortho nitro benzene ring substituents is 1. The average Bonchev–Trinajstić information content (AvgIpc) is 3.03. The smallest absolute Gasteiger partial charge is 0.299 e. The predicted octanol–water partition coefficient (Wildman–Crippen LogP) is 1.36. The molecule has 3 rings (SSSR count). The van der Waals surface area contributed by atoms with Crippen LogP contribution in [0.15, 0.2) is 51.1 Å². The molecule has 11 nitrogen and oxygen atoms in total. The van der Waals surface area contributed by atoms with Gasteiger partial charge < -0.3 is 0 Å². The molecule has 0 saturated carbocycles. The number of nitro benzene ring substituents is 1. The number of anilines is 1. The van der Waals surface area contributed by atoms with Gasteiger partial charge in [-0.2, -0.15) is 10.1 Å². The Morgan fingerprint density at radius 2 is 1.93 bits per heavy atom. The molecule has 2 heterocycles. The molecule has 29 heavy (non-hydrogen) atoms. The second-order valence-corrected chi connectivity index (χ2v) is 6.58. The van der Waals surface area contributed by atoms with Gasteiger partial charge in [0.25, 0.3) is 11.2 Å². The molecule has 0 aliphatic rings. The number of allylic oxidation sites excluding steroid dienone is 1. The molecule has 0 radical (unpaired) electrons. The summed E-state index contributed by atoms with van der Waals surface area (Å²) in [7, 11) is 2.94. The summed E-state index contributed by atoms with van der Waals surface area (Å²) >= 11 is 0. The Kier molecular flexibility index (Phi) is 5.13. The van der Waals surface area contributed by atoms with Crippen molar-refractivity contribution in [2.45, 2.75) is 13.5 Å². The zero-order valence-electron chi connectivity index (χ0n) is 16.1. The number of aryl methyl sites for hydroxylation is 1. The molecule has 2 aromatic heterocycles. The van der Waals surface area contributed by atoms with E-state index in [9.17, 15) is 19.7 Å². The summed E-state index contributed by atoms with van der Waals surface area (Å²) in [6.45, 7) is 5.99. The van der Waals surface area contributed by atoms with Gasteiger partial charge in [-0.1, -0.05) is 12.2 Å². The highest BCUT2D eigenvalue weighted by molar-refractivity contribution is 5.81. The normalized spacial score (nSPS) is 11.3. The Hall–Kier alpha value is -4.02. The van der Waals surface area contributed by atoms with Crippen molar-refractivity contribution in [2.75, 3.05) is 5.43 Å². The molecule has 1 N–H and O–H groups in total. The first-order chi connectivity index (χ1) is 13.7. The van der Waals surface area contributed by atoms with Crippen LogP contribution in [0.3, 0.4) is 0 Å². The first-order valence-electron chi connectivity index (χ1n) is 8.55. The summed E-state index contributed by atoms with van der Waals surface area (Å²) in [5.41, 5.74) is 3.70. The van der Waals surface area contributed by atoms with Crippen molar-refractivity contribution >= 4 is 29.0 Å². The first-order valence-corrected chi connectivity index (χ1v) is 8.55. The average molecular weight is 397 g/mol. The van der Waals surface area contributed by atoms with Crippen LogP contribution in [0.1, 0.15) is 12.5 Å². The van der Waals surface area contributed by atoms with Crippen LogP contribution in [0, 0.1) is 10.1 Å². The fourth-order valence-electron chi connectivity index (χ4n) is 2.80. The molecule has 150 valence electrons. The molecule has 3 aromatic rings. The van der Waals surface area contributed by atoms with Gasteiger partial charge in [0.15, 0.2) is 11.2 Å². The summed E-state index contributed by atoms with van der Waals surface area (Å²) in [6, 6.07) is 5.85. The minimum Gasteiger partial charge on any atom is -0.299 e. The fourth-order valence-corrected chi connectivity index (χ4v) is 2.80. The molecule has 0 amide bonds. The van der Waals surface area contributed by atoms with Crippen molar-refractivity contribution in [3.8, 4) is 0 Å². The second kappa shape index (κ2) is 7.54. The topological polar surface area (TPSA) is 129 Å². The molecule has 0 bridgehead atoms. The van der Waals surface area contributed by atoms with Gasteiger partial charge in [0.05, 0.1) is 11.1 Å². The molecule has 11 heteroatoms. The molecular formula is C18H19N7O4. The summed E-state index contributed by atoms with van der Waals surface area (Å²) < 4.78 is 3.91. The Balaban J connectivity index is 2.02. The van der Waals surface area contributed by atoms with Crippen LogP contribution in [0.4, 0.5) is 11.6 Å². The third kappa shape index (κ3) is 3.70. The van der Waals surface area contributed by atoms with Gasteiger partial charge in [0, 0.05) is 32.8 Å². The number of aromatic nitrogens is 4. The number of nitro groups is 1. The van der Waals surface area contributed by atoms with Crippen LogP contribution in [0.25, 0.3) is 11.2 Å². The zero-order chi connectivity index (χ0) is 21.3. The van der Waals surface area contributed by atoms with Crippen molar-refractivity contribution < 1.29 is 4.92 Å². The van der Waals surface area contributed by atoms with Crippen molar-refractivity contribution in [3.63, 3.8) is 0 Å². The van der Waals surface area contributed by atoms with Gasteiger partial charge in [0.1, 0.15) is 0 Å². The molecule has 0 saturated heterocycles. The van der Waals surface area contributed by atoms with Crippen molar-refractivity contribution in [3.05, 3.63) is 72.9 Å². The monoisotopic (exact) mass is 397 g/mol. The van der Waals surface area contributed by atoms with E-state index in [1.165, 1.54) is 37.0 Å². The van der Waals surface area contributed by atoms with E-state index in [0.29, 0.717) is 12.1 Å². The van der Waals surface area contributed by atoms with Gasteiger partial charge in [-0.3, -0.25) is 28.6 Å². The number of hydrazone groups is 1. The van der Waals surface area contributed by atoms with E-state index in [2.05, 4.69) is 22.1 Å². The number of nitrogens with zero attached hydrogens (tertiary/aromatic N) is 6. The number of rotatable bonds is 6. The standard InChI is InChI=1S/C18H19N7O4/c1-11(2)10-24-14-15(22(3)18(27)23(4)16(14)26)20-17(24)21-19-9-12-5-7-13(8-6-12)25(28)29/h5-9H,1,10H2,2-4H3,(H,20,21)/b19-9+. The van der Waals surface area contributed by atoms with Gasteiger partial charge in [-0.25, -0.2) is 10.2 Å². The third-order valence-electron chi connectivity index (χ3n) is 4.26. The van der Waals surface area contributed by atoms with Crippen molar-refractivity contribution in [1.29, 1.82) is 0 Å². The van der Waals surface area contributed by atoms with Crippen molar-refractivity contribution in [2.24, 2.45) is 19.2 Å². The van der Waals surface area contributed by atoms with E-state index < -0.39 is 16.2 Å². The van der Waals surface area contributed by atoms with Gasteiger partial charge in [-0.05, 0) is 24.6 Å². The largest absolute Gasteiger partial charge is 0.332 e. The molecule has 0 aliphatic carbocycles. The zero-order valence-corrected chi connectivity index (χ0v) is 16.1. The fraction of sp³-hybridized carbons (Fsp3) is 0.222. The minimum absolute atomic E-state index is 0.0184. The maximum absolute atomic E-state index is 12.6. The van der Waals surface area contributed by atoms with E-state index in [1.54, 1.807) is 16.7 Å². The number of hydrogen-bond donors (Lipinski definition) is 1. The van der Waals surface area contributed by atoms with Crippen LogP contribution in [0.5, 0.6) is 0 Å². The van der Waals surface area contributed by atoms with Gasteiger partial charge >= 0.3 is 5.69 Å². The number of fused-ring (bicyclic) bond motifs is 1. The Labute approximate surface area is 164 Å². The summed E-state index contributed by atoms with van der Waals surface area (Å²) in [4.78, 5) is 39.4. The third-order valence-corrected chi connectivity index (χ3v) is 4.26. The summed E-state index contributed by atoms with van der Waals surface area (Å²) in [5.74, 6) is 0.263. The second-order valence-electron chi connectivity index (χ2n) is 6.58. The summed E-state index contributed by atoms with van der Waals surface area (Å²) in [6.07, 6.45) is 1.46. The Morgan fingerprint density at radius 3 is 2.52 bits per heavy atom. The van der Waals surface area contributed by atoms with Crippen LogP contribution in [0.2, 0.25) is 0 Å². The number of hydrogen-bond acceptors (Lipinski definition) is 7. The van der Waals surface area contributed by atoms with Crippen LogP contribution in [-0.2, 0) is 20.6 Å². The number of imidazole rings is 1. The van der Waals surface area contributed by atoms with E-state index >= 15 is 0 Å². The minimum atomic E-state index is -0.483. The van der Waals surface area contributed by atoms with Crippen LogP contribution in [-0.4, -0.2) is 29.8 Å². The highest BCUT2D eigenvalue weighted by Gasteiger charge is 2.18.